The van der Waals surface area contributed by atoms with Gasteiger partial charge in [-0.25, -0.2) is 0 Å². The zero-order valence-corrected chi connectivity index (χ0v) is 15.6. The molecule has 0 heterocycles. The summed E-state index contributed by atoms with van der Waals surface area (Å²) in [5.74, 6) is -0.691. The monoisotopic (exact) mass is 360 g/mol. The minimum absolute atomic E-state index is 0.153. The third-order valence-electron chi connectivity index (χ3n) is 4.34. The van der Waals surface area contributed by atoms with Gasteiger partial charge in [0.05, 0.1) is 11.8 Å². The Morgan fingerprint density at radius 3 is 2.64 bits per heavy atom. The molecule has 0 unspecified atom stereocenters. The summed E-state index contributed by atoms with van der Waals surface area (Å²) in [4.78, 5) is 24.9. The van der Waals surface area contributed by atoms with Gasteiger partial charge >= 0.3 is 5.97 Å². The highest BCUT2D eigenvalue weighted by Crippen LogP contribution is 2.27. The molecule has 5 nitrogen and oxygen atoms in total. The number of benzene rings is 1. The van der Waals surface area contributed by atoms with E-state index in [-0.39, 0.29) is 12.4 Å². The number of rotatable bonds is 6. The van der Waals surface area contributed by atoms with Gasteiger partial charge in [-0.2, -0.15) is 5.26 Å². The van der Waals surface area contributed by atoms with Crippen LogP contribution in [0.5, 0.6) is 0 Å². The van der Waals surface area contributed by atoms with Gasteiger partial charge in [0.1, 0.15) is 5.54 Å². The highest BCUT2D eigenvalue weighted by Gasteiger charge is 2.33. The molecule has 1 fully saturated rings. The molecule has 6 heteroatoms. The van der Waals surface area contributed by atoms with Crippen molar-refractivity contribution in [2.45, 2.75) is 56.4 Å². The first kappa shape index (κ1) is 19.3. The molecule has 0 radical (unpaired) electrons. The fourth-order valence-corrected chi connectivity index (χ4v) is 3.82. The predicted molar refractivity (Wildman–Crippen MR) is 97.2 cm³/mol. The SMILES string of the molecule is Cc1ccc(SCC(=O)OCC(=O)NC2(C#N)CCCCC2)c(C)c1. The number of hydrogen-bond donors (Lipinski definition) is 1. The highest BCUT2D eigenvalue weighted by molar-refractivity contribution is 8.00. The van der Waals surface area contributed by atoms with Crippen molar-refractivity contribution in [1.29, 1.82) is 5.26 Å². The van der Waals surface area contributed by atoms with Crippen molar-refractivity contribution in [1.82, 2.24) is 5.32 Å². The van der Waals surface area contributed by atoms with Gasteiger partial charge in [-0.05, 0) is 38.3 Å². The van der Waals surface area contributed by atoms with Crippen LogP contribution in [0.2, 0.25) is 0 Å². The van der Waals surface area contributed by atoms with Crippen LogP contribution in [0.4, 0.5) is 0 Å². The quantitative estimate of drug-likeness (QED) is 0.622. The summed E-state index contributed by atoms with van der Waals surface area (Å²) in [7, 11) is 0. The molecule has 134 valence electrons. The molecule has 0 bridgehead atoms. The second kappa shape index (κ2) is 8.91. The number of aryl methyl sites for hydroxylation is 2. The molecule has 2 rings (SSSR count). The van der Waals surface area contributed by atoms with E-state index in [1.54, 1.807) is 0 Å². The van der Waals surface area contributed by atoms with Crippen LogP contribution in [0, 0.1) is 25.2 Å². The number of amides is 1. The summed E-state index contributed by atoms with van der Waals surface area (Å²) in [6.45, 7) is 3.68. The first-order valence-corrected chi connectivity index (χ1v) is 9.51. The average molecular weight is 360 g/mol. The van der Waals surface area contributed by atoms with Gasteiger partial charge in [0, 0.05) is 4.90 Å². The van der Waals surface area contributed by atoms with Crippen LogP contribution in [-0.4, -0.2) is 29.8 Å². The van der Waals surface area contributed by atoms with E-state index in [0.29, 0.717) is 12.8 Å². The molecule has 1 aliphatic rings. The summed E-state index contributed by atoms with van der Waals surface area (Å²) in [5.41, 5.74) is 1.49. The summed E-state index contributed by atoms with van der Waals surface area (Å²) in [6.07, 6.45) is 4.27. The molecule has 1 aromatic carbocycles. The Kier molecular flexibility index (Phi) is 6.89. The minimum Gasteiger partial charge on any atom is -0.455 e. The van der Waals surface area contributed by atoms with Gasteiger partial charge in [-0.15, -0.1) is 11.8 Å². The first-order chi connectivity index (χ1) is 11.9. The van der Waals surface area contributed by atoms with E-state index in [1.807, 2.05) is 26.0 Å². The van der Waals surface area contributed by atoms with Gasteiger partial charge in [0.15, 0.2) is 6.61 Å². The molecule has 1 amide bonds. The Bertz CT molecular complexity index is 676. The molecular formula is C19H24N2O3S. The number of ether oxygens (including phenoxy) is 1. The summed E-state index contributed by atoms with van der Waals surface area (Å²) in [6, 6.07) is 8.26. The Labute approximate surface area is 153 Å². The lowest BCUT2D eigenvalue weighted by molar-refractivity contribution is -0.146. The number of nitriles is 1. The third kappa shape index (κ3) is 5.79. The standard InChI is InChI=1S/C19H24N2O3S/c1-14-6-7-16(15(2)10-14)25-12-18(23)24-11-17(22)21-19(13-20)8-4-3-5-9-19/h6-7,10H,3-5,8-9,11-12H2,1-2H3,(H,21,22). The van der Waals surface area contributed by atoms with Crippen molar-refractivity contribution in [2.24, 2.45) is 0 Å². The molecule has 0 aromatic heterocycles. The maximum atomic E-state index is 12.0. The molecule has 0 spiro atoms. The molecule has 0 atom stereocenters. The Morgan fingerprint density at radius 1 is 1.28 bits per heavy atom. The zero-order chi connectivity index (χ0) is 18.3. The van der Waals surface area contributed by atoms with Crippen LogP contribution >= 0.6 is 11.8 Å². The lowest BCUT2D eigenvalue weighted by Crippen LogP contribution is -2.50. The third-order valence-corrected chi connectivity index (χ3v) is 5.49. The van der Waals surface area contributed by atoms with E-state index in [9.17, 15) is 14.9 Å². The van der Waals surface area contributed by atoms with Gasteiger partial charge in [-0.3, -0.25) is 9.59 Å². The Morgan fingerprint density at radius 2 is 2.00 bits per heavy atom. The largest absolute Gasteiger partial charge is 0.455 e. The topological polar surface area (TPSA) is 79.2 Å². The number of esters is 1. The fraction of sp³-hybridized carbons (Fsp3) is 0.526. The summed E-state index contributed by atoms with van der Waals surface area (Å²) in [5, 5.41) is 12.1. The van der Waals surface area contributed by atoms with E-state index in [1.165, 1.54) is 17.3 Å². The zero-order valence-electron chi connectivity index (χ0n) is 14.8. The van der Waals surface area contributed by atoms with E-state index in [2.05, 4.69) is 17.5 Å². The van der Waals surface area contributed by atoms with Gasteiger partial charge in [0.25, 0.3) is 5.91 Å². The van der Waals surface area contributed by atoms with Crippen LogP contribution in [0.25, 0.3) is 0 Å². The maximum absolute atomic E-state index is 12.0. The van der Waals surface area contributed by atoms with E-state index < -0.39 is 17.4 Å². The van der Waals surface area contributed by atoms with Gasteiger partial charge in [0.2, 0.25) is 0 Å². The molecule has 0 saturated heterocycles. The van der Waals surface area contributed by atoms with Crippen molar-refractivity contribution in [3.8, 4) is 6.07 Å². The lowest BCUT2D eigenvalue weighted by atomic mass is 9.83. The molecular weight excluding hydrogens is 336 g/mol. The minimum atomic E-state index is -0.796. The van der Waals surface area contributed by atoms with Crippen molar-refractivity contribution in [2.75, 3.05) is 12.4 Å². The molecule has 1 saturated carbocycles. The van der Waals surface area contributed by atoms with Crippen LogP contribution in [0.3, 0.4) is 0 Å². The lowest BCUT2D eigenvalue weighted by Gasteiger charge is -2.31. The Balaban J connectivity index is 1.75. The molecule has 25 heavy (non-hydrogen) atoms. The number of carbonyl (C=O) groups excluding carboxylic acids is 2. The van der Waals surface area contributed by atoms with Crippen molar-refractivity contribution in [3.05, 3.63) is 29.3 Å². The first-order valence-electron chi connectivity index (χ1n) is 8.52. The normalized spacial score (nSPS) is 15.9. The van der Waals surface area contributed by atoms with Gasteiger partial charge < -0.3 is 10.1 Å². The number of nitrogens with zero attached hydrogens (tertiary/aromatic N) is 1. The number of nitrogens with one attached hydrogen (secondary N) is 1. The molecule has 1 aromatic rings. The molecule has 1 aliphatic carbocycles. The van der Waals surface area contributed by atoms with Crippen LogP contribution in [0.15, 0.2) is 23.1 Å². The highest BCUT2D eigenvalue weighted by atomic mass is 32.2. The van der Waals surface area contributed by atoms with Crippen molar-refractivity contribution < 1.29 is 14.3 Å². The molecule has 1 N–H and O–H groups in total. The second-order valence-corrected chi connectivity index (χ2v) is 7.54. The van der Waals surface area contributed by atoms with E-state index in [4.69, 9.17) is 4.74 Å². The maximum Gasteiger partial charge on any atom is 0.316 e. The summed E-state index contributed by atoms with van der Waals surface area (Å²) < 4.78 is 5.04. The van der Waals surface area contributed by atoms with Gasteiger partial charge in [-0.1, -0.05) is 37.0 Å². The average Bonchev–Trinajstić information content (AvgIpc) is 2.60. The van der Waals surface area contributed by atoms with Crippen LogP contribution in [0.1, 0.15) is 43.2 Å². The number of hydrogen-bond acceptors (Lipinski definition) is 5. The number of thioether (sulfide) groups is 1. The van der Waals surface area contributed by atoms with E-state index in [0.717, 1.165) is 29.7 Å². The predicted octanol–water partition coefficient (Wildman–Crippen LogP) is 3.28. The summed E-state index contributed by atoms with van der Waals surface area (Å²) >= 11 is 1.40. The smallest absolute Gasteiger partial charge is 0.316 e. The van der Waals surface area contributed by atoms with E-state index >= 15 is 0 Å². The molecule has 0 aliphatic heterocycles. The second-order valence-electron chi connectivity index (χ2n) is 6.52. The van der Waals surface area contributed by atoms with Crippen molar-refractivity contribution in [3.63, 3.8) is 0 Å². The number of carbonyl (C=O) groups is 2. The van der Waals surface area contributed by atoms with Crippen molar-refractivity contribution >= 4 is 23.6 Å². The Hall–Kier alpha value is -2.00. The van der Waals surface area contributed by atoms with Crippen LogP contribution < -0.4 is 5.32 Å². The fourth-order valence-electron chi connectivity index (χ4n) is 3.01. The van der Waals surface area contributed by atoms with Crippen LogP contribution in [-0.2, 0) is 14.3 Å².